The summed E-state index contributed by atoms with van der Waals surface area (Å²) in [5.74, 6) is -0.311. The molecule has 0 bridgehead atoms. The molecule has 0 aliphatic rings. The first kappa shape index (κ1) is 12.7. The fourth-order valence-electron chi connectivity index (χ4n) is 1.76. The van der Waals surface area contributed by atoms with E-state index >= 15 is 0 Å². The Balaban J connectivity index is 2.13. The Kier molecular flexibility index (Phi) is 4.08. The van der Waals surface area contributed by atoms with Gasteiger partial charge in [-0.25, -0.2) is 4.39 Å². The molecule has 2 rings (SSSR count). The number of nitrogens with one attached hydrogen (secondary N) is 1. The van der Waals surface area contributed by atoms with Crippen LogP contribution in [0.15, 0.2) is 35.7 Å². The van der Waals surface area contributed by atoms with Crippen LogP contribution >= 0.6 is 11.3 Å². The quantitative estimate of drug-likeness (QED) is 0.912. The summed E-state index contributed by atoms with van der Waals surface area (Å²) < 4.78 is 13.2. The van der Waals surface area contributed by atoms with Gasteiger partial charge in [0.25, 0.3) is 0 Å². The van der Waals surface area contributed by atoms with E-state index in [2.05, 4.69) is 11.4 Å². The van der Waals surface area contributed by atoms with E-state index in [1.54, 1.807) is 17.4 Å². The van der Waals surface area contributed by atoms with Crippen molar-refractivity contribution in [1.82, 2.24) is 5.32 Å². The van der Waals surface area contributed by atoms with Crippen LogP contribution in [-0.2, 0) is 6.54 Å². The Morgan fingerprint density at radius 1 is 1.44 bits per heavy atom. The molecule has 0 radical (unpaired) electrons. The van der Waals surface area contributed by atoms with Gasteiger partial charge in [-0.15, -0.1) is 11.3 Å². The molecule has 2 nitrogen and oxygen atoms in total. The van der Waals surface area contributed by atoms with E-state index in [0.717, 1.165) is 10.4 Å². The number of halogens is 1. The molecular weight excluding hydrogens is 247 g/mol. The first-order valence-electron chi connectivity index (χ1n) is 5.62. The third kappa shape index (κ3) is 2.95. The average molecular weight is 260 g/mol. The lowest BCUT2D eigenvalue weighted by Gasteiger charge is -2.13. The first-order chi connectivity index (χ1) is 8.70. The van der Waals surface area contributed by atoms with Crippen molar-refractivity contribution in [3.63, 3.8) is 0 Å². The van der Waals surface area contributed by atoms with Gasteiger partial charge in [-0.1, -0.05) is 12.1 Å². The topological polar surface area (TPSA) is 35.8 Å². The van der Waals surface area contributed by atoms with Gasteiger partial charge in [0.1, 0.15) is 11.9 Å². The van der Waals surface area contributed by atoms with Gasteiger partial charge in [0.15, 0.2) is 0 Å². The molecule has 1 N–H and O–H groups in total. The van der Waals surface area contributed by atoms with Crippen LogP contribution in [0.2, 0.25) is 0 Å². The van der Waals surface area contributed by atoms with Gasteiger partial charge in [-0.3, -0.25) is 5.32 Å². The van der Waals surface area contributed by atoms with E-state index < -0.39 is 6.04 Å². The van der Waals surface area contributed by atoms with E-state index in [0.29, 0.717) is 12.1 Å². The van der Waals surface area contributed by atoms with Crippen LogP contribution in [0.25, 0.3) is 0 Å². The summed E-state index contributed by atoms with van der Waals surface area (Å²) in [6, 6.07) is 10.2. The van der Waals surface area contributed by atoms with Gasteiger partial charge in [-0.2, -0.15) is 5.26 Å². The molecule has 0 aliphatic carbocycles. The minimum Gasteiger partial charge on any atom is -0.293 e. The number of hydrogen-bond donors (Lipinski definition) is 1. The van der Waals surface area contributed by atoms with Crippen molar-refractivity contribution in [3.05, 3.63) is 57.5 Å². The van der Waals surface area contributed by atoms with Gasteiger partial charge in [-0.05, 0) is 41.6 Å². The molecule has 1 aromatic carbocycles. The van der Waals surface area contributed by atoms with Crippen molar-refractivity contribution in [2.24, 2.45) is 0 Å². The molecular formula is C14H13FN2S. The second-order valence-corrected chi connectivity index (χ2v) is 5.06. The average Bonchev–Trinajstić information content (AvgIpc) is 2.87. The van der Waals surface area contributed by atoms with Crippen LogP contribution in [0.1, 0.15) is 22.0 Å². The molecule has 0 saturated carbocycles. The third-order valence-corrected chi connectivity index (χ3v) is 3.62. The number of nitriles is 1. The largest absolute Gasteiger partial charge is 0.293 e. The first-order valence-corrected chi connectivity index (χ1v) is 6.50. The Labute approximate surface area is 110 Å². The van der Waals surface area contributed by atoms with Gasteiger partial charge < -0.3 is 0 Å². The fraction of sp³-hybridized carbons (Fsp3) is 0.214. The third-order valence-electron chi connectivity index (χ3n) is 2.74. The molecule has 1 aromatic heterocycles. The highest BCUT2D eigenvalue weighted by molar-refractivity contribution is 7.09. The molecule has 1 unspecified atom stereocenters. The van der Waals surface area contributed by atoms with E-state index in [4.69, 9.17) is 0 Å². The molecule has 0 saturated heterocycles. The SMILES string of the molecule is Cc1ccc(F)cc1C(C#N)NCc1cccs1. The van der Waals surface area contributed by atoms with Gasteiger partial charge >= 0.3 is 0 Å². The predicted octanol–water partition coefficient (Wildman–Crippen LogP) is 3.55. The van der Waals surface area contributed by atoms with E-state index in [1.807, 2.05) is 24.4 Å². The Hall–Kier alpha value is -1.70. The van der Waals surface area contributed by atoms with Crippen LogP contribution in [0.5, 0.6) is 0 Å². The van der Waals surface area contributed by atoms with Gasteiger partial charge in [0, 0.05) is 11.4 Å². The molecule has 0 fully saturated rings. The summed E-state index contributed by atoms with van der Waals surface area (Å²) in [6.07, 6.45) is 0. The van der Waals surface area contributed by atoms with Crippen LogP contribution in [0.4, 0.5) is 4.39 Å². The second kappa shape index (κ2) is 5.76. The zero-order valence-electron chi connectivity index (χ0n) is 9.98. The molecule has 0 aliphatic heterocycles. The molecule has 1 heterocycles. The molecule has 0 spiro atoms. The van der Waals surface area contributed by atoms with Crippen molar-refractivity contribution in [2.45, 2.75) is 19.5 Å². The van der Waals surface area contributed by atoms with Crippen LogP contribution in [0.3, 0.4) is 0 Å². The molecule has 2 aromatic rings. The smallest absolute Gasteiger partial charge is 0.123 e. The highest BCUT2D eigenvalue weighted by Crippen LogP contribution is 2.19. The van der Waals surface area contributed by atoms with Crippen molar-refractivity contribution < 1.29 is 4.39 Å². The van der Waals surface area contributed by atoms with Gasteiger partial charge in [0.2, 0.25) is 0 Å². The summed E-state index contributed by atoms with van der Waals surface area (Å²) in [7, 11) is 0. The number of thiophene rings is 1. The van der Waals surface area contributed by atoms with Crippen LogP contribution in [0, 0.1) is 24.1 Å². The van der Waals surface area contributed by atoms with Crippen molar-refractivity contribution in [3.8, 4) is 6.07 Å². The molecule has 4 heteroatoms. The second-order valence-electron chi connectivity index (χ2n) is 4.02. The Morgan fingerprint density at radius 2 is 2.28 bits per heavy atom. The number of nitrogens with zero attached hydrogens (tertiary/aromatic N) is 1. The van der Waals surface area contributed by atoms with Crippen molar-refractivity contribution >= 4 is 11.3 Å². The lowest BCUT2D eigenvalue weighted by Crippen LogP contribution is -2.20. The lowest BCUT2D eigenvalue weighted by atomic mass is 10.0. The van der Waals surface area contributed by atoms with E-state index in [1.165, 1.54) is 12.1 Å². The summed E-state index contributed by atoms with van der Waals surface area (Å²) >= 11 is 1.63. The van der Waals surface area contributed by atoms with Crippen LogP contribution < -0.4 is 5.32 Å². The standard InChI is InChI=1S/C14H13FN2S/c1-10-4-5-11(15)7-13(10)14(8-16)17-9-12-3-2-6-18-12/h2-7,14,17H,9H2,1H3. The summed E-state index contributed by atoms with van der Waals surface area (Å²) in [5, 5.41) is 14.3. The van der Waals surface area contributed by atoms with Crippen molar-refractivity contribution in [1.29, 1.82) is 5.26 Å². The number of hydrogen-bond acceptors (Lipinski definition) is 3. The molecule has 92 valence electrons. The molecule has 0 amide bonds. The van der Waals surface area contributed by atoms with Gasteiger partial charge in [0.05, 0.1) is 6.07 Å². The number of benzene rings is 1. The summed E-state index contributed by atoms with van der Waals surface area (Å²) in [4.78, 5) is 1.16. The predicted molar refractivity (Wildman–Crippen MR) is 70.6 cm³/mol. The summed E-state index contributed by atoms with van der Waals surface area (Å²) in [5.41, 5.74) is 1.62. The Bertz CT molecular complexity index is 558. The fourth-order valence-corrected chi connectivity index (χ4v) is 2.42. The Morgan fingerprint density at radius 3 is 2.94 bits per heavy atom. The maximum atomic E-state index is 13.2. The van der Waals surface area contributed by atoms with E-state index in [9.17, 15) is 9.65 Å². The zero-order valence-corrected chi connectivity index (χ0v) is 10.8. The minimum atomic E-state index is -0.484. The number of rotatable bonds is 4. The maximum Gasteiger partial charge on any atom is 0.123 e. The maximum absolute atomic E-state index is 13.2. The highest BCUT2D eigenvalue weighted by Gasteiger charge is 2.13. The van der Waals surface area contributed by atoms with Crippen LogP contribution in [-0.4, -0.2) is 0 Å². The summed E-state index contributed by atoms with van der Waals surface area (Å²) in [6.45, 7) is 2.50. The van der Waals surface area contributed by atoms with Crippen molar-refractivity contribution in [2.75, 3.05) is 0 Å². The monoisotopic (exact) mass is 260 g/mol. The minimum absolute atomic E-state index is 0.311. The highest BCUT2D eigenvalue weighted by atomic mass is 32.1. The normalized spacial score (nSPS) is 12.1. The van der Waals surface area contributed by atoms with E-state index in [-0.39, 0.29) is 5.82 Å². The number of aryl methyl sites for hydroxylation is 1. The lowest BCUT2D eigenvalue weighted by molar-refractivity contribution is 0.604. The molecule has 18 heavy (non-hydrogen) atoms. The zero-order chi connectivity index (χ0) is 13.0. The molecule has 1 atom stereocenters.